The number of nitrogen functional groups attached to an aromatic ring is 1. The van der Waals surface area contributed by atoms with E-state index in [2.05, 4.69) is 41.9 Å². The van der Waals surface area contributed by atoms with Crippen LogP contribution in [-0.2, 0) is 6.61 Å². The minimum atomic E-state index is 0.502. The molecule has 0 unspecified atom stereocenters. The van der Waals surface area contributed by atoms with Crippen LogP contribution in [0.3, 0.4) is 0 Å². The number of rotatable bonds is 4. The SMILES string of the molecule is CC(C)c1cccc(OCc2cccc(N)c2Br)c1. The highest BCUT2D eigenvalue weighted by Gasteiger charge is 2.05. The van der Waals surface area contributed by atoms with Crippen LogP contribution in [0.4, 0.5) is 5.69 Å². The summed E-state index contributed by atoms with van der Waals surface area (Å²) in [4.78, 5) is 0. The lowest BCUT2D eigenvalue weighted by molar-refractivity contribution is 0.305. The first-order valence-electron chi connectivity index (χ1n) is 6.33. The van der Waals surface area contributed by atoms with Crippen LogP contribution in [0.1, 0.15) is 30.9 Å². The lowest BCUT2D eigenvalue weighted by atomic mass is 10.0. The second kappa shape index (κ2) is 6.11. The van der Waals surface area contributed by atoms with Crippen LogP contribution in [0.2, 0.25) is 0 Å². The molecule has 0 spiro atoms. The number of halogens is 1. The minimum Gasteiger partial charge on any atom is -0.489 e. The highest BCUT2D eigenvalue weighted by molar-refractivity contribution is 9.10. The summed E-state index contributed by atoms with van der Waals surface area (Å²) in [6, 6.07) is 14.0. The van der Waals surface area contributed by atoms with E-state index in [4.69, 9.17) is 10.5 Å². The molecule has 0 heterocycles. The Kier molecular flexibility index (Phi) is 4.48. The van der Waals surface area contributed by atoms with Gasteiger partial charge in [0.1, 0.15) is 12.4 Å². The third kappa shape index (κ3) is 3.51. The van der Waals surface area contributed by atoms with Gasteiger partial charge in [-0.2, -0.15) is 0 Å². The minimum absolute atomic E-state index is 0.502. The molecule has 0 aromatic heterocycles. The van der Waals surface area contributed by atoms with Crippen molar-refractivity contribution in [1.82, 2.24) is 0 Å². The molecule has 2 rings (SSSR count). The summed E-state index contributed by atoms with van der Waals surface area (Å²) < 4.78 is 6.75. The van der Waals surface area contributed by atoms with Gasteiger partial charge in [0.15, 0.2) is 0 Å². The maximum absolute atomic E-state index is 5.85. The van der Waals surface area contributed by atoms with Crippen LogP contribution < -0.4 is 10.5 Å². The molecule has 0 atom stereocenters. The molecule has 2 N–H and O–H groups in total. The van der Waals surface area contributed by atoms with Gasteiger partial charge in [-0.3, -0.25) is 0 Å². The fourth-order valence-corrected chi connectivity index (χ4v) is 2.21. The van der Waals surface area contributed by atoms with Crippen molar-refractivity contribution in [1.29, 1.82) is 0 Å². The molecule has 0 aliphatic carbocycles. The van der Waals surface area contributed by atoms with Crippen molar-refractivity contribution in [2.45, 2.75) is 26.4 Å². The number of hydrogen-bond acceptors (Lipinski definition) is 2. The molecule has 2 nitrogen and oxygen atoms in total. The zero-order chi connectivity index (χ0) is 13.8. The van der Waals surface area contributed by atoms with E-state index in [1.54, 1.807) is 0 Å². The van der Waals surface area contributed by atoms with E-state index in [1.807, 2.05) is 30.3 Å². The summed E-state index contributed by atoms with van der Waals surface area (Å²) in [6.45, 7) is 4.86. The van der Waals surface area contributed by atoms with E-state index in [0.717, 1.165) is 21.5 Å². The second-order valence-electron chi connectivity index (χ2n) is 4.84. The maximum Gasteiger partial charge on any atom is 0.120 e. The fraction of sp³-hybridized carbons (Fsp3) is 0.250. The van der Waals surface area contributed by atoms with E-state index in [9.17, 15) is 0 Å². The van der Waals surface area contributed by atoms with E-state index in [0.29, 0.717) is 12.5 Å². The summed E-state index contributed by atoms with van der Waals surface area (Å²) in [5, 5.41) is 0. The summed E-state index contributed by atoms with van der Waals surface area (Å²) in [5.74, 6) is 1.39. The molecular formula is C16H18BrNO. The van der Waals surface area contributed by atoms with E-state index in [-0.39, 0.29) is 0 Å². The molecule has 0 saturated heterocycles. The summed E-state index contributed by atoms with van der Waals surface area (Å²) in [6.07, 6.45) is 0. The fourth-order valence-electron chi connectivity index (χ4n) is 1.84. The quantitative estimate of drug-likeness (QED) is 0.826. The lowest BCUT2D eigenvalue weighted by Crippen LogP contribution is -1.99. The van der Waals surface area contributed by atoms with Crippen LogP contribution in [-0.4, -0.2) is 0 Å². The highest BCUT2D eigenvalue weighted by atomic mass is 79.9. The Balaban J connectivity index is 2.10. The zero-order valence-electron chi connectivity index (χ0n) is 11.2. The van der Waals surface area contributed by atoms with Gasteiger partial charge in [0.2, 0.25) is 0 Å². The molecule has 0 fully saturated rings. The number of hydrogen-bond donors (Lipinski definition) is 1. The molecule has 2 aromatic rings. The summed E-state index contributed by atoms with van der Waals surface area (Å²) in [5.41, 5.74) is 8.92. The number of benzene rings is 2. The zero-order valence-corrected chi connectivity index (χ0v) is 12.8. The van der Waals surface area contributed by atoms with Crippen LogP contribution in [0, 0.1) is 0 Å². The monoisotopic (exact) mass is 319 g/mol. The lowest BCUT2D eigenvalue weighted by Gasteiger charge is -2.11. The Morgan fingerprint density at radius 1 is 1.16 bits per heavy atom. The van der Waals surface area contributed by atoms with E-state index >= 15 is 0 Å². The van der Waals surface area contributed by atoms with Gasteiger partial charge in [-0.15, -0.1) is 0 Å². The van der Waals surface area contributed by atoms with Crippen molar-refractivity contribution in [3.8, 4) is 5.75 Å². The standard InChI is InChI=1S/C16H18BrNO/c1-11(2)12-5-3-7-14(9-12)19-10-13-6-4-8-15(18)16(13)17/h3-9,11H,10,18H2,1-2H3. The maximum atomic E-state index is 5.85. The van der Waals surface area contributed by atoms with Crippen LogP contribution in [0.25, 0.3) is 0 Å². The largest absolute Gasteiger partial charge is 0.489 e. The van der Waals surface area contributed by atoms with Crippen molar-refractivity contribution < 1.29 is 4.74 Å². The Bertz CT molecular complexity index is 566. The van der Waals surface area contributed by atoms with Crippen molar-refractivity contribution >= 4 is 21.6 Å². The van der Waals surface area contributed by atoms with Gasteiger partial charge in [0.25, 0.3) is 0 Å². The first-order chi connectivity index (χ1) is 9.08. The molecule has 0 aliphatic heterocycles. The van der Waals surface area contributed by atoms with Gasteiger partial charge in [-0.25, -0.2) is 0 Å². The molecule has 0 radical (unpaired) electrons. The second-order valence-corrected chi connectivity index (χ2v) is 5.63. The number of nitrogens with two attached hydrogens (primary N) is 1. The third-order valence-electron chi connectivity index (χ3n) is 3.03. The number of ether oxygens (including phenoxy) is 1. The average molecular weight is 320 g/mol. The predicted octanol–water partition coefficient (Wildman–Crippen LogP) is 4.73. The molecule has 2 aromatic carbocycles. The normalized spacial score (nSPS) is 10.7. The van der Waals surface area contributed by atoms with Crippen molar-refractivity contribution in [3.05, 3.63) is 58.1 Å². The first kappa shape index (κ1) is 13.9. The molecule has 0 saturated carbocycles. The van der Waals surface area contributed by atoms with Gasteiger partial charge in [-0.05, 0) is 45.6 Å². The van der Waals surface area contributed by atoms with Crippen molar-refractivity contribution in [3.63, 3.8) is 0 Å². The van der Waals surface area contributed by atoms with Crippen LogP contribution in [0.5, 0.6) is 5.75 Å². The Hall–Kier alpha value is -1.48. The van der Waals surface area contributed by atoms with E-state index < -0.39 is 0 Å². The van der Waals surface area contributed by atoms with Crippen LogP contribution >= 0.6 is 15.9 Å². The topological polar surface area (TPSA) is 35.2 Å². The van der Waals surface area contributed by atoms with Gasteiger partial charge in [-0.1, -0.05) is 38.1 Å². The number of anilines is 1. The Morgan fingerprint density at radius 3 is 2.63 bits per heavy atom. The molecule has 0 aliphatic rings. The average Bonchev–Trinajstić information content (AvgIpc) is 2.41. The third-order valence-corrected chi connectivity index (χ3v) is 3.99. The molecule has 100 valence electrons. The van der Waals surface area contributed by atoms with Gasteiger partial charge in [0, 0.05) is 15.7 Å². The summed E-state index contributed by atoms with van der Waals surface area (Å²) in [7, 11) is 0. The molecule has 0 bridgehead atoms. The van der Waals surface area contributed by atoms with E-state index in [1.165, 1.54) is 5.56 Å². The van der Waals surface area contributed by atoms with Gasteiger partial charge < -0.3 is 10.5 Å². The molecule has 0 amide bonds. The smallest absolute Gasteiger partial charge is 0.120 e. The van der Waals surface area contributed by atoms with Gasteiger partial charge in [0.05, 0.1) is 0 Å². The summed E-state index contributed by atoms with van der Waals surface area (Å²) >= 11 is 3.49. The Morgan fingerprint density at radius 2 is 1.89 bits per heavy atom. The molecular weight excluding hydrogens is 302 g/mol. The first-order valence-corrected chi connectivity index (χ1v) is 7.13. The molecule has 3 heteroatoms. The van der Waals surface area contributed by atoms with Crippen molar-refractivity contribution in [2.24, 2.45) is 0 Å². The highest BCUT2D eigenvalue weighted by Crippen LogP contribution is 2.26. The van der Waals surface area contributed by atoms with Crippen molar-refractivity contribution in [2.75, 3.05) is 5.73 Å². The Labute approximate surface area is 122 Å². The van der Waals surface area contributed by atoms with Crippen LogP contribution in [0.15, 0.2) is 46.9 Å². The predicted molar refractivity (Wildman–Crippen MR) is 83.4 cm³/mol. The van der Waals surface area contributed by atoms with Gasteiger partial charge >= 0.3 is 0 Å². The molecule has 19 heavy (non-hydrogen) atoms.